The number of carboxylic acid groups (broad SMARTS) is 1. The van der Waals surface area contributed by atoms with Crippen molar-refractivity contribution in [1.29, 1.82) is 0 Å². The third-order valence-electron chi connectivity index (χ3n) is 2.56. The van der Waals surface area contributed by atoms with Gasteiger partial charge in [-0.1, -0.05) is 6.07 Å². The lowest BCUT2D eigenvalue weighted by molar-refractivity contribution is -0.137. The Morgan fingerprint density at radius 2 is 2.38 bits per heavy atom. The highest BCUT2D eigenvalue weighted by atomic mass is 32.2. The second-order valence-electron chi connectivity index (χ2n) is 3.80. The maximum atomic E-state index is 13.4. The van der Waals surface area contributed by atoms with Gasteiger partial charge in [0.05, 0.1) is 12.1 Å². The minimum Gasteiger partial charge on any atom is -0.481 e. The van der Waals surface area contributed by atoms with E-state index in [0.717, 1.165) is 4.90 Å². The summed E-state index contributed by atoms with van der Waals surface area (Å²) in [6.45, 7) is 1.87. The second-order valence-corrected chi connectivity index (χ2v) is 5.08. The lowest BCUT2D eigenvalue weighted by Crippen LogP contribution is -2.33. The molecule has 2 unspecified atom stereocenters. The van der Waals surface area contributed by atoms with E-state index in [-0.39, 0.29) is 23.5 Å². The number of fused-ring (bicyclic) bond motifs is 1. The molecule has 1 aromatic rings. The molecule has 0 fully saturated rings. The second kappa shape index (κ2) is 4.33. The van der Waals surface area contributed by atoms with Crippen LogP contribution in [-0.2, 0) is 4.79 Å². The molecule has 86 valence electrons. The minimum absolute atomic E-state index is 0.0505. The fourth-order valence-electron chi connectivity index (χ4n) is 1.72. The van der Waals surface area contributed by atoms with Crippen LogP contribution >= 0.6 is 11.8 Å². The van der Waals surface area contributed by atoms with Crippen LogP contribution in [0.15, 0.2) is 23.1 Å². The molecule has 1 heterocycles. The number of carbonyl (C=O) groups is 1. The molecule has 0 aliphatic carbocycles. The standard InChI is InChI=1S/C11H12FNO2S/c1-6-9(5-10(14)15)16-8-4-2-3-7(12)11(8)13-6/h2-4,6,9,13H,5H2,1H3,(H,14,15). The van der Waals surface area contributed by atoms with Crippen LogP contribution in [0.5, 0.6) is 0 Å². The van der Waals surface area contributed by atoms with Crippen LogP contribution in [0.25, 0.3) is 0 Å². The largest absolute Gasteiger partial charge is 0.481 e. The molecule has 16 heavy (non-hydrogen) atoms. The highest BCUT2D eigenvalue weighted by Gasteiger charge is 2.28. The lowest BCUT2D eigenvalue weighted by atomic mass is 10.1. The Morgan fingerprint density at radius 3 is 3.06 bits per heavy atom. The number of hydrogen-bond acceptors (Lipinski definition) is 3. The van der Waals surface area contributed by atoms with Gasteiger partial charge in [0.2, 0.25) is 0 Å². The fourth-order valence-corrected chi connectivity index (χ4v) is 2.97. The van der Waals surface area contributed by atoms with Crippen molar-refractivity contribution in [2.24, 2.45) is 0 Å². The van der Waals surface area contributed by atoms with Gasteiger partial charge in [-0.2, -0.15) is 0 Å². The van der Waals surface area contributed by atoms with Gasteiger partial charge in [0, 0.05) is 16.2 Å². The first kappa shape index (κ1) is 11.3. The first-order chi connectivity index (χ1) is 7.58. The van der Waals surface area contributed by atoms with Gasteiger partial charge >= 0.3 is 5.97 Å². The maximum absolute atomic E-state index is 13.4. The van der Waals surface area contributed by atoms with Crippen LogP contribution in [-0.4, -0.2) is 22.4 Å². The molecule has 2 N–H and O–H groups in total. The third kappa shape index (κ3) is 2.14. The van der Waals surface area contributed by atoms with E-state index in [1.165, 1.54) is 17.8 Å². The summed E-state index contributed by atoms with van der Waals surface area (Å²) >= 11 is 1.42. The number of anilines is 1. The summed E-state index contributed by atoms with van der Waals surface area (Å²) in [6, 6.07) is 4.79. The third-order valence-corrected chi connectivity index (χ3v) is 4.03. The molecule has 0 aromatic heterocycles. The highest BCUT2D eigenvalue weighted by Crippen LogP contribution is 2.40. The molecule has 0 saturated heterocycles. The number of hydrogen-bond donors (Lipinski definition) is 2. The Balaban J connectivity index is 2.25. The molecule has 0 amide bonds. The lowest BCUT2D eigenvalue weighted by Gasteiger charge is -2.31. The Hall–Kier alpha value is -1.23. The van der Waals surface area contributed by atoms with E-state index in [9.17, 15) is 9.18 Å². The molecular formula is C11H12FNO2S. The average molecular weight is 241 g/mol. The Morgan fingerprint density at radius 1 is 1.62 bits per heavy atom. The van der Waals surface area contributed by atoms with E-state index in [0.29, 0.717) is 5.69 Å². The van der Waals surface area contributed by atoms with Gasteiger partial charge in [-0.3, -0.25) is 4.79 Å². The zero-order chi connectivity index (χ0) is 11.7. The molecule has 0 bridgehead atoms. The zero-order valence-corrected chi connectivity index (χ0v) is 9.55. The predicted molar refractivity (Wildman–Crippen MR) is 61.4 cm³/mol. The van der Waals surface area contributed by atoms with Crippen LogP contribution in [0.4, 0.5) is 10.1 Å². The quantitative estimate of drug-likeness (QED) is 0.835. The number of rotatable bonds is 2. The predicted octanol–water partition coefficient (Wildman–Crippen LogP) is 2.58. The van der Waals surface area contributed by atoms with E-state index >= 15 is 0 Å². The van der Waals surface area contributed by atoms with Crippen molar-refractivity contribution in [2.75, 3.05) is 5.32 Å². The number of thioether (sulfide) groups is 1. The summed E-state index contributed by atoms with van der Waals surface area (Å²) in [5.74, 6) is -1.11. The van der Waals surface area contributed by atoms with Crippen molar-refractivity contribution in [2.45, 2.75) is 29.5 Å². The van der Waals surface area contributed by atoms with E-state index < -0.39 is 5.97 Å². The first-order valence-corrected chi connectivity index (χ1v) is 5.89. The molecule has 2 atom stereocenters. The van der Waals surface area contributed by atoms with Gasteiger partial charge in [0.15, 0.2) is 0 Å². The molecule has 5 heteroatoms. The van der Waals surface area contributed by atoms with Crippen LogP contribution in [0.2, 0.25) is 0 Å². The van der Waals surface area contributed by atoms with Crippen molar-refractivity contribution < 1.29 is 14.3 Å². The van der Waals surface area contributed by atoms with E-state index in [2.05, 4.69) is 5.32 Å². The van der Waals surface area contributed by atoms with Gasteiger partial charge in [-0.05, 0) is 19.1 Å². The summed E-state index contributed by atoms with van der Waals surface area (Å²) in [6.07, 6.45) is 0.0782. The van der Waals surface area contributed by atoms with Crippen LogP contribution < -0.4 is 5.32 Å². The summed E-state index contributed by atoms with van der Waals surface area (Å²) in [5, 5.41) is 11.7. The van der Waals surface area contributed by atoms with Gasteiger partial charge in [-0.15, -0.1) is 11.8 Å². The van der Waals surface area contributed by atoms with Crippen molar-refractivity contribution in [3.05, 3.63) is 24.0 Å². The van der Waals surface area contributed by atoms with Crippen molar-refractivity contribution in [3.8, 4) is 0 Å². The molecule has 0 radical (unpaired) electrons. The number of halogens is 1. The van der Waals surface area contributed by atoms with Gasteiger partial charge in [0.25, 0.3) is 0 Å². The van der Waals surface area contributed by atoms with Crippen LogP contribution in [0, 0.1) is 5.82 Å². The Bertz CT molecular complexity index is 424. The first-order valence-electron chi connectivity index (χ1n) is 5.01. The average Bonchev–Trinajstić information content (AvgIpc) is 2.20. The maximum Gasteiger partial charge on any atom is 0.304 e. The van der Waals surface area contributed by atoms with Crippen LogP contribution in [0.1, 0.15) is 13.3 Å². The van der Waals surface area contributed by atoms with Crippen molar-refractivity contribution in [1.82, 2.24) is 0 Å². The molecule has 2 rings (SSSR count). The summed E-state index contributed by atoms with van der Waals surface area (Å²) in [7, 11) is 0. The summed E-state index contributed by atoms with van der Waals surface area (Å²) in [4.78, 5) is 11.5. The highest BCUT2D eigenvalue weighted by molar-refractivity contribution is 8.00. The zero-order valence-electron chi connectivity index (χ0n) is 8.74. The molecule has 3 nitrogen and oxygen atoms in total. The Kier molecular flexibility index (Phi) is 3.05. The molecule has 1 aromatic carbocycles. The van der Waals surface area contributed by atoms with E-state index in [4.69, 9.17) is 5.11 Å². The topological polar surface area (TPSA) is 49.3 Å². The number of para-hydroxylation sites is 1. The fraction of sp³-hybridized carbons (Fsp3) is 0.364. The smallest absolute Gasteiger partial charge is 0.304 e. The minimum atomic E-state index is -0.828. The van der Waals surface area contributed by atoms with Crippen LogP contribution in [0.3, 0.4) is 0 Å². The van der Waals surface area contributed by atoms with Crippen molar-refractivity contribution >= 4 is 23.4 Å². The van der Waals surface area contributed by atoms with E-state index in [1.807, 2.05) is 6.92 Å². The number of nitrogens with one attached hydrogen (secondary N) is 1. The van der Waals surface area contributed by atoms with Crippen molar-refractivity contribution in [3.63, 3.8) is 0 Å². The number of carboxylic acids is 1. The monoisotopic (exact) mass is 241 g/mol. The molecule has 0 spiro atoms. The SMILES string of the molecule is CC1Nc2c(F)cccc2SC1CC(=O)O. The number of aliphatic carboxylic acids is 1. The molecule has 1 aliphatic rings. The number of benzene rings is 1. The molecule has 0 saturated carbocycles. The molecule has 1 aliphatic heterocycles. The van der Waals surface area contributed by atoms with E-state index in [1.54, 1.807) is 12.1 Å². The Labute approximate surface area is 97.0 Å². The van der Waals surface area contributed by atoms with Gasteiger partial charge < -0.3 is 10.4 Å². The summed E-state index contributed by atoms with van der Waals surface area (Å²) < 4.78 is 13.4. The van der Waals surface area contributed by atoms with Gasteiger partial charge in [-0.25, -0.2) is 4.39 Å². The summed E-state index contributed by atoms with van der Waals surface area (Å²) in [5.41, 5.74) is 0.488. The van der Waals surface area contributed by atoms with Gasteiger partial charge in [0.1, 0.15) is 5.82 Å². The normalized spacial score (nSPS) is 23.4. The molecular weight excluding hydrogens is 229 g/mol.